The minimum Gasteiger partial charge on any atom is -0.0622 e. The molecule has 4 aromatic rings. The predicted molar refractivity (Wildman–Crippen MR) is 122 cm³/mol. The molecule has 0 saturated carbocycles. The highest BCUT2D eigenvalue weighted by Crippen LogP contribution is 2.22. The zero-order valence-electron chi connectivity index (χ0n) is 16.3. The molecule has 0 nitrogen and oxygen atoms in total. The van der Waals surface area contributed by atoms with Gasteiger partial charge in [0, 0.05) is 5.92 Å². The molecule has 0 aliphatic rings. The first kappa shape index (κ1) is 19.4. The Morgan fingerprint density at radius 2 is 0.714 bits per heavy atom. The number of hydrogen-bond donors (Lipinski definition) is 0. The summed E-state index contributed by atoms with van der Waals surface area (Å²) in [4.78, 5) is 0. The molecule has 138 valence electrons. The molecular weight excluding hydrogens is 336 g/mol. The van der Waals surface area contributed by atoms with Crippen molar-refractivity contribution in [1.29, 1.82) is 0 Å². The van der Waals surface area contributed by atoms with E-state index in [1.54, 1.807) is 0 Å². The van der Waals surface area contributed by atoms with Crippen LogP contribution in [0.4, 0.5) is 0 Å². The Kier molecular flexibility index (Phi) is 7.40. The molecule has 0 amide bonds. The first-order valence-electron chi connectivity index (χ1n) is 9.71. The Hall–Kier alpha value is -3.38. The van der Waals surface area contributed by atoms with E-state index in [4.69, 9.17) is 0 Å². The van der Waals surface area contributed by atoms with Crippen LogP contribution < -0.4 is 0 Å². The van der Waals surface area contributed by atoms with E-state index in [1.807, 2.05) is 36.4 Å². The molecule has 0 saturated heterocycles. The van der Waals surface area contributed by atoms with Crippen LogP contribution in [-0.4, -0.2) is 0 Å². The zero-order chi connectivity index (χ0) is 19.4. The quantitative estimate of drug-likeness (QED) is 0.326. The van der Waals surface area contributed by atoms with Gasteiger partial charge in [0.1, 0.15) is 0 Å². The van der Waals surface area contributed by atoms with Crippen LogP contribution in [0.2, 0.25) is 0 Å². The third kappa shape index (κ3) is 6.10. The van der Waals surface area contributed by atoms with Crippen LogP contribution in [0.3, 0.4) is 0 Å². The van der Waals surface area contributed by atoms with Gasteiger partial charge in [0.15, 0.2) is 0 Å². The van der Waals surface area contributed by atoms with Crippen molar-refractivity contribution >= 4 is 12.2 Å². The van der Waals surface area contributed by atoms with Gasteiger partial charge in [-0.1, -0.05) is 140 Å². The highest BCUT2D eigenvalue weighted by Gasteiger charge is 2.05. The standard InChI is InChI=1S/C14H14.C14H12/c1-12(13-8-4-2-5-9-13)14-10-6-3-7-11-14;1-3-7-13(8-4-1)11-12-14-9-5-2-6-10-14/h2-12H,1H3;1-12H. The van der Waals surface area contributed by atoms with Gasteiger partial charge in [0.25, 0.3) is 0 Å². The van der Waals surface area contributed by atoms with E-state index < -0.39 is 0 Å². The second-order valence-corrected chi connectivity index (χ2v) is 6.70. The Morgan fingerprint density at radius 3 is 1.04 bits per heavy atom. The highest BCUT2D eigenvalue weighted by atomic mass is 14.1. The van der Waals surface area contributed by atoms with E-state index in [9.17, 15) is 0 Å². The van der Waals surface area contributed by atoms with Gasteiger partial charge in [0.2, 0.25) is 0 Å². The van der Waals surface area contributed by atoms with E-state index >= 15 is 0 Å². The van der Waals surface area contributed by atoms with Crippen molar-refractivity contribution < 1.29 is 0 Å². The molecule has 0 bridgehead atoms. The first-order chi connectivity index (χ1) is 13.8. The summed E-state index contributed by atoms with van der Waals surface area (Å²) in [6.07, 6.45) is 4.24. The molecule has 0 aromatic heterocycles. The van der Waals surface area contributed by atoms with Crippen LogP contribution in [0.15, 0.2) is 121 Å². The van der Waals surface area contributed by atoms with Crippen LogP contribution >= 0.6 is 0 Å². The van der Waals surface area contributed by atoms with Crippen LogP contribution in [-0.2, 0) is 0 Å². The largest absolute Gasteiger partial charge is 0.0622 e. The molecule has 0 unspecified atom stereocenters. The monoisotopic (exact) mass is 362 g/mol. The molecule has 0 N–H and O–H groups in total. The van der Waals surface area contributed by atoms with Crippen LogP contribution in [0.5, 0.6) is 0 Å². The van der Waals surface area contributed by atoms with Gasteiger partial charge in [-0.05, 0) is 22.3 Å². The second kappa shape index (κ2) is 10.7. The van der Waals surface area contributed by atoms with Crippen molar-refractivity contribution in [3.8, 4) is 0 Å². The normalized spacial score (nSPS) is 10.5. The minimum absolute atomic E-state index is 0.484. The van der Waals surface area contributed by atoms with Crippen molar-refractivity contribution in [3.63, 3.8) is 0 Å². The summed E-state index contributed by atoms with van der Waals surface area (Å²) >= 11 is 0. The highest BCUT2D eigenvalue weighted by molar-refractivity contribution is 5.69. The summed E-state index contributed by atoms with van der Waals surface area (Å²) in [6, 6.07) is 41.8. The number of hydrogen-bond acceptors (Lipinski definition) is 0. The maximum atomic E-state index is 2.24. The topological polar surface area (TPSA) is 0 Å². The van der Waals surface area contributed by atoms with E-state index in [1.165, 1.54) is 22.3 Å². The van der Waals surface area contributed by atoms with E-state index in [0.29, 0.717) is 5.92 Å². The molecule has 0 heterocycles. The van der Waals surface area contributed by atoms with Gasteiger partial charge in [-0.3, -0.25) is 0 Å². The average molecular weight is 363 g/mol. The molecule has 0 aliphatic carbocycles. The maximum Gasteiger partial charge on any atom is 0.00610 e. The Bertz CT molecular complexity index is 859. The van der Waals surface area contributed by atoms with E-state index in [0.717, 1.165) is 0 Å². The number of benzene rings is 4. The van der Waals surface area contributed by atoms with Crippen molar-refractivity contribution in [2.45, 2.75) is 12.8 Å². The lowest BCUT2D eigenvalue weighted by Crippen LogP contribution is -1.94. The summed E-state index contributed by atoms with van der Waals surface area (Å²) < 4.78 is 0. The van der Waals surface area contributed by atoms with Gasteiger partial charge in [-0.2, -0.15) is 0 Å². The predicted octanol–water partition coefficient (Wildman–Crippen LogP) is 7.70. The fraction of sp³-hybridized carbons (Fsp3) is 0.0714. The molecule has 0 heteroatoms. The molecular formula is C28H26. The molecule has 0 radical (unpaired) electrons. The molecule has 28 heavy (non-hydrogen) atoms. The summed E-state index contributed by atoms with van der Waals surface area (Å²) in [5.41, 5.74) is 5.21. The minimum atomic E-state index is 0.484. The van der Waals surface area contributed by atoms with Gasteiger partial charge in [-0.15, -0.1) is 0 Å². The third-order valence-corrected chi connectivity index (χ3v) is 4.67. The maximum absolute atomic E-state index is 2.24. The molecule has 4 rings (SSSR count). The molecule has 0 spiro atoms. The summed E-state index contributed by atoms with van der Waals surface area (Å²) in [7, 11) is 0. The lowest BCUT2D eigenvalue weighted by Gasteiger charge is -2.11. The smallest absolute Gasteiger partial charge is 0.00610 e. The van der Waals surface area contributed by atoms with Crippen LogP contribution in [0, 0.1) is 0 Å². The molecule has 0 aliphatic heterocycles. The Morgan fingerprint density at radius 1 is 0.429 bits per heavy atom. The van der Waals surface area contributed by atoms with Crippen LogP contribution in [0.25, 0.3) is 12.2 Å². The van der Waals surface area contributed by atoms with E-state index in [-0.39, 0.29) is 0 Å². The first-order valence-corrected chi connectivity index (χ1v) is 9.71. The van der Waals surface area contributed by atoms with Gasteiger partial charge in [-0.25, -0.2) is 0 Å². The van der Waals surface area contributed by atoms with Crippen molar-refractivity contribution in [2.24, 2.45) is 0 Å². The van der Waals surface area contributed by atoms with Gasteiger partial charge >= 0.3 is 0 Å². The lowest BCUT2D eigenvalue weighted by atomic mass is 9.93. The second-order valence-electron chi connectivity index (χ2n) is 6.70. The fourth-order valence-electron chi connectivity index (χ4n) is 3.00. The van der Waals surface area contributed by atoms with Crippen molar-refractivity contribution in [2.75, 3.05) is 0 Å². The molecule has 4 aromatic carbocycles. The lowest BCUT2D eigenvalue weighted by molar-refractivity contribution is 0.922. The van der Waals surface area contributed by atoms with Crippen molar-refractivity contribution in [1.82, 2.24) is 0 Å². The van der Waals surface area contributed by atoms with E-state index in [2.05, 4.69) is 104 Å². The zero-order valence-corrected chi connectivity index (χ0v) is 16.3. The van der Waals surface area contributed by atoms with Crippen LogP contribution in [0.1, 0.15) is 35.1 Å². The Labute approximate surface area is 168 Å². The van der Waals surface area contributed by atoms with Gasteiger partial charge < -0.3 is 0 Å². The Balaban J connectivity index is 0.000000161. The average Bonchev–Trinajstić information content (AvgIpc) is 2.80. The third-order valence-electron chi connectivity index (χ3n) is 4.67. The number of rotatable bonds is 4. The molecule has 0 fully saturated rings. The summed E-state index contributed by atoms with van der Waals surface area (Å²) in [5, 5.41) is 0. The van der Waals surface area contributed by atoms with Crippen molar-refractivity contribution in [3.05, 3.63) is 144 Å². The summed E-state index contributed by atoms with van der Waals surface area (Å²) in [6.45, 7) is 2.24. The van der Waals surface area contributed by atoms with Gasteiger partial charge in [0.05, 0.1) is 0 Å². The summed E-state index contributed by atoms with van der Waals surface area (Å²) in [5.74, 6) is 0.484. The SMILES string of the molecule is C(=Cc1ccccc1)c1ccccc1.CC(c1ccccc1)c1ccccc1. The molecule has 0 atom stereocenters. The fourth-order valence-corrected chi connectivity index (χ4v) is 3.00.